The van der Waals surface area contributed by atoms with Gasteiger partial charge in [0.05, 0.1) is 17.4 Å². The Balaban J connectivity index is 1.58. The number of nitrogens with two attached hydrogens (primary N) is 1. The van der Waals surface area contributed by atoms with Crippen molar-refractivity contribution in [3.8, 4) is 11.1 Å². The third-order valence-electron chi connectivity index (χ3n) is 5.44. The molecule has 0 atom stereocenters. The summed E-state index contributed by atoms with van der Waals surface area (Å²) in [5, 5.41) is 14.3. The second-order valence-corrected chi connectivity index (χ2v) is 7.80. The van der Waals surface area contributed by atoms with Gasteiger partial charge >= 0.3 is 5.97 Å². The Kier molecular flexibility index (Phi) is 7.12. The molecule has 8 nitrogen and oxygen atoms in total. The molecule has 0 aliphatic rings. The molecule has 0 aliphatic heterocycles. The van der Waals surface area contributed by atoms with Gasteiger partial charge in [0.2, 0.25) is 0 Å². The number of aromatic carboxylic acids is 1. The van der Waals surface area contributed by atoms with Crippen molar-refractivity contribution in [1.29, 1.82) is 0 Å². The smallest absolute Gasteiger partial charge is 0.335 e. The molecule has 0 saturated heterocycles. The van der Waals surface area contributed by atoms with E-state index >= 15 is 0 Å². The predicted octanol–water partition coefficient (Wildman–Crippen LogP) is 4.55. The van der Waals surface area contributed by atoms with Gasteiger partial charge in [0.15, 0.2) is 5.82 Å². The zero-order chi connectivity index (χ0) is 25.7. The van der Waals surface area contributed by atoms with Crippen molar-refractivity contribution in [1.82, 2.24) is 4.98 Å². The Morgan fingerprint density at radius 3 is 2.25 bits per heavy atom. The number of nitrogens with zero attached hydrogens (tertiary/aromatic N) is 1. The van der Waals surface area contributed by atoms with Gasteiger partial charge < -0.3 is 21.5 Å². The minimum atomic E-state index is -1.08. The number of benzene rings is 3. The normalized spacial score (nSPS) is 10.5. The van der Waals surface area contributed by atoms with Crippen LogP contribution in [0, 0.1) is 5.82 Å². The Morgan fingerprint density at radius 1 is 0.861 bits per heavy atom. The number of carboxylic acids is 1. The van der Waals surface area contributed by atoms with Crippen LogP contribution in [0.1, 0.15) is 36.6 Å². The van der Waals surface area contributed by atoms with E-state index in [9.17, 15) is 18.8 Å². The molecule has 4 aromatic rings. The molecule has 180 valence electrons. The van der Waals surface area contributed by atoms with E-state index in [2.05, 4.69) is 15.6 Å². The molecule has 0 bridgehead atoms. The zero-order valence-corrected chi connectivity index (χ0v) is 18.9. The van der Waals surface area contributed by atoms with Gasteiger partial charge in [-0.05, 0) is 71.3 Å². The minimum absolute atomic E-state index is 0.0144. The molecule has 0 saturated carbocycles. The molecule has 1 aromatic heterocycles. The number of anilines is 2. The lowest BCUT2D eigenvalue weighted by Gasteiger charge is -2.13. The number of carboxylic acid groups (broad SMARTS) is 1. The molecule has 1 heterocycles. The summed E-state index contributed by atoms with van der Waals surface area (Å²) in [5.74, 6) is -2.63. The van der Waals surface area contributed by atoms with E-state index in [4.69, 9.17) is 10.8 Å². The van der Waals surface area contributed by atoms with Crippen molar-refractivity contribution in [3.05, 3.63) is 113 Å². The number of nitrogens with one attached hydrogen (secondary N) is 2. The summed E-state index contributed by atoms with van der Waals surface area (Å²) >= 11 is 0. The minimum Gasteiger partial charge on any atom is -0.478 e. The largest absolute Gasteiger partial charge is 0.478 e. The van der Waals surface area contributed by atoms with E-state index in [1.54, 1.807) is 36.4 Å². The molecule has 36 heavy (non-hydrogen) atoms. The number of carbonyl (C=O) groups excluding carboxylic acids is 2. The second-order valence-electron chi connectivity index (χ2n) is 7.80. The fourth-order valence-corrected chi connectivity index (χ4v) is 3.57. The average molecular weight is 484 g/mol. The van der Waals surface area contributed by atoms with Crippen LogP contribution in [0.25, 0.3) is 11.1 Å². The number of rotatable bonds is 7. The van der Waals surface area contributed by atoms with Gasteiger partial charge in [0.25, 0.3) is 11.8 Å². The highest BCUT2D eigenvalue weighted by atomic mass is 19.1. The van der Waals surface area contributed by atoms with E-state index in [1.807, 2.05) is 6.07 Å². The van der Waals surface area contributed by atoms with Crippen molar-refractivity contribution < 1.29 is 23.9 Å². The van der Waals surface area contributed by atoms with E-state index in [-0.39, 0.29) is 17.8 Å². The first-order valence-electron chi connectivity index (χ1n) is 10.8. The summed E-state index contributed by atoms with van der Waals surface area (Å²) in [6.45, 7) is 0.211. The topological polar surface area (TPSA) is 134 Å². The number of amides is 2. The van der Waals surface area contributed by atoms with Gasteiger partial charge in [-0.2, -0.15) is 0 Å². The zero-order valence-electron chi connectivity index (χ0n) is 18.9. The van der Waals surface area contributed by atoms with Crippen molar-refractivity contribution in [2.45, 2.75) is 6.54 Å². The molecule has 2 amide bonds. The third-order valence-corrected chi connectivity index (χ3v) is 5.44. The molecular weight excluding hydrogens is 463 g/mol. The molecule has 0 radical (unpaired) electrons. The first-order chi connectivity index (χ1) is 17.4. The summed E-state index contributed by atoms with van der Waals surface area (Å²) in [4.78, 5) is 40.1. The van der Waals surface area contributed by atoms with Crippen molar-refractivity contribution >= 4 is 29.2 Å². The summed E-state index contributed by atoms with van der Waals surface area (Å²) in [7, 11) is 0. The van der Waals surface area contributed by atoms with Crippen LogP contribution < -0.4 is 16.4 Å². The molecular formula is C27H21FN4O4. The number of hydrogen-bond acceptors (Lipinski definition) is 5. The van der Waals surface area contributed by atoms with Gasteiger partial charge in [-0.3, -0.25) is 14.6 Å². The van der Waals surface area contributed by atoms with Crippen LogP contribution in [0.4, 0.5) is 15.8 Å². The standard InChI is InChI=1S/C27H21FN4O4/c28-23-15-30-11-10-24(23)32-26(34)19-8-9-20(14-29)22(13-19)18-2-1-3-21(12-18)31-25(33)16-4-6-17(7-5-16)27(35)36/h1-13,15H,14,29H2,(H,31,33)(H,35,36)(H,30,32,34). The third kappa shape index (κ3) is 5.43. The van der Waals surface area contributed by atoms with Crippen LogP contribution in [0.15, 0.2) is 85.2 Å². The van der Waals surface area contributed by atoms with Gasteiger partial charge in [-0.15, -0.1) is 0 Å². The van der Waals surface area contributed by atoms with Gasteiger partial charge in [-0.1, -0.05) is 18.2 Å². The highest BCUT2D eigenvalue weighted by Gasteiger charge is 2.14. The van der Waals surface area contributed by atoms with Crippen LogP contribution in [0.5, 0.6) is 0 Å². The molecule has 0 unspecified atom stereocenters. The maximum Gasteiger partial charge on any atom is 0.335 e. The first kappa shape index (κ1) is 24.2. The second kappa shape index (κ2) is 10.6. The molecule has 4 rings (SSSR count). The van der Waals surface area contributed by atoms with Crippen molar-refractivity contribution in [2.75, 3.05) is 10.6 Å². The summed E-state index contributed by atoms with van der Waals surface area (Å²) in [6, 6.07) is 18.9. The average Bonchev–Trinajstić information content (AvgIpc) is 2.89. The number of carbonyl (C=O) groups is 3. The summed E-state index contributed by atoms with van der Waals surface area (Å²) < 4.78 is 13.9. The van der Waals surface area contributed by atoms with Gasteiger partial charge in [0.1, 0.15) is 0 Å². The Morgan fingerprint density at radius 2 is 1.56 bits per heavy atom. The number of aromatic nitrogens is 1. The van der Waals surface area contributed by atoms with Crippen molar-refractivity contribution in [3.63, 3.8) is 0 Å². The Hall–Kier alpha value is -4.89. The summed E-state index contributed by atoms with van der Waals surface area (Å²) in [5.41, 5.74) is 9.27. The molecule has 0 spiro atoms. The molecule has 0 fully saturated rings. The highest BCUT2D eigenvalue weighted by Crippen LogP contribution is 2.28. The Bertz CT molecular complexity index is 1450. The number of pyridine rings is 1. The van der Waals surface area contributed by atoms with Crippen LogP contribution in [0.2, 0.25) is 0 Å². The van der Waals surface area contributed by atoms with Crippen LogP contribution >= 0.6 is 0 Å². The first-order valence-corrected chi connectivity index (χ1v) is 10.8. The molecule has 3 aromatic carbocycles. The molecule has 0 aliphatic carbocycles. The van der Waals surface area contributed by atoms with Gasteiger partial charge in [-0.25, -0.2) is 9.18 Å². The maximum atomic E-state index is 13.9. The van der Waals surface area contributed by atoms with Gasteiger partial charge in [0, 0.05) is 29.6 Å². The Labute approximate surface area is 205 Å². The fourth-order valence-electron chi connectivity index (χ4n) is 3.57. The lowest BCUT2D eigenvalue weighted by molar-refractivity contribution is 0.0696. The van der Waals surface area contributed by atoms with Crippen molar-refractivity contribution in [2.24, 2.45) is 5.73 Å². The summed E-state index contributed by atoms with van der Waals surface area (Å²) in [6.07, 6.45) is 2.39. The quantitative estimate of drug-likeness (QED) is 0.304. The lowest BCUT2D eigenvalue weighted by Crippen LogP contribution is -2.14. The highest BCUT2D eigenvalue weighted by molar-refractivity contribution is 6.06. The number of hydrogen-bond donors (Lipinski definition) is 4. The number of halogens is 1. The monoisotopic (exact) mass is 484 g/mol. The molecule has 9 heteroatoms. The van der Waals surface area contributed by atoms with E-state index in [0.29, 0.717) is 27.9 Å². The lowest BCUT2D eigenvalue weighted by atomic mass is 9.96. The van der Waals surface area contributed by atoms with Crippen LogP contribution in [-0.4, -0.2) is 27.9 Å². The van der Waals surface area contributed by atoms with E-state index in [0.717, 1.165) is 11.8 Å². The maximum absolute atomic E-state index is 13.9. The fraction of sp³-hybridized carbons (Fsp3) is 0.0370. The predicted molar refractivity (Wildman–Crippen MR) is 133 cm³/mol. The van der Waals surface area contributed by atoms with Crippen LogP contribution in [0.3, 0.4) is 0 Å². The molecule has 5 N–H and O–H groups in total. The van der Waals surface area contributed by atoms with E-state index < -0.39 is 23.6 Å². The van der Waals surface area contributed by atoms with Crippen LogP contribution in [-0.2, 0) is 6.54 Å². The SMILES string of the molecule is NCc1ccc(C(=O)Nc2ccncc2F)cc1-c1cccc(NC(=O)c2ccc(C(=O)O)cc2)c1. The van der Waals surface area contributed by atoms with E-state index in [1.165, 1.54) is 36.5 Å².